The first-order chi connectivity index (χ1) is 13.7. The zero-order valence-corrected chi connectivity index (χ0v) is 16.9. The van der Waals surface area contributed by atoms with Gasteiger partial charge in [-0.25, -0.2) is 0 Å². The highest BCUT2D eigenvalue weighted by atomic mass is 35.5. The van der Waals surface area contributed by atoms with E-state index in [1.807, 2.05) is 0 Å². The highest BCUT2D eigenvalue weighted by Gasteiger charge is 2.30. The van der Waals surface area contributed by atoms with Crippen molar-refractivity contribution in [3.63, 3.8) is 0 Å². The molecule has 0 aliphatic carbocycles. The summed E-state index contributed by atoms with van der Waals surface area (Å²) >= 11 is 12.0. The Bertz CT molecular complexity index is 1060. The third kappa shape index (κ3) is 4.18. The van der Waals surface area contributed by atoms with Gasteiger partial charge in [-0.05, 0) is 49.8 Å². The highest BCUT2D eigenvalue weighted by Crippen LogP contribution is 2.38. The molecule has 29 heavy (non-hydrogen) atoms. The second kappa shape index (κ2) is 8.10. The first kappa shape index (κ1) is 20.6. The molecule has 0 spiro atoms. The molecule has 0 aromatic heterocycles. The van der Waals surface area contributed by atoms with E-state index in [1.54, 1.807) is 26.0 Å². The predicted octanol–water partition coefficient (Wildman–Crippen LogP) is 4.81. The lowest BCUT2D eigenvalue weighted by atomic mass is 10.1. The predicted molar refractivity (Wildman–Crippen MR) is 111 cm³/mol. The van der Waals surface area contributed by atoms with Gasteiger partial charge in [-0.1, -0.05) is 23.2 Å². The van der Waals surface area contributed by atoms with Gasteiger partial charge < -0.3 is 9.84 Å². The molecular formula is C19H15Cl2N3O5. The number of nitro benzene ring substituents is 1. The lowest BCUT2D eigenvalue weighted by molar-refractivity contribution is -0.386. The Hall–Kier alpha value is -3.10. The van der Waals surface area contributed by atoms with E-state index in [4.69, 9.17) is 27.9 Å². The van der Waals surface area contributed by atoms with E-state index in [2.05, 4.69) is 5.10 Å². The molecule has 0 unspecified atom stereocenters. The maximum absolute atomic E-state index is 12.9. The van der Waals surface area contributed by atoms with Gasteiger partial charge in [-0.15, -0.1) is 0 Å². The van der Waals surface area contributed by atoms with Crippen molar-refractivity contribution >= 4 is 52.3 Å². The van der Waals surface area contributed by atoms with Gasteiger partial charge in [0.2, 0.25) is 5.75 Å². The van der Waals surface area contributed by atoms with E-state index < -0.39 is 22.3 Å². The van der Waals surface area contributed by atoms with Crippen molar-refractivity contribution in [1.82, 2.24) is 0 Å². The van der Waals surface area contributed by atoms with Gasteiger partial charge in [0, 0.05) is 16.1 Å². The number of hydrazone groups is 1. The molecular weight excluding hydrogens is 421 g/mol. The molecule has 1 amide bonds. The maximum Gasteiger partial charge on any atom is 0.315 e. The lowest BCUT2D eigenvalue weighted by Crippen LogP contribution is -2.21. The van der Waals surface area contributed by atoms with E-state index in [9.17, 15) is 20.0 Å². The number of phenols is 1. The summed E-state index contributed by atoms with van der Waals surface area (Å²) in [4.78, 5) is 23.4. The molecule has 2 aromatic rings. The van der Waals surface area contributed by atoms with Gasteiger partial charge >= 0.3 is 5.69 Å². The third-order valence-corrected chi connectivity index (χ3v) is 4.48. The number of amides is 1. The van der Waals surface area contributed by atoms with Crippen LogP contribution >= 0.6 is 23.2 Å². The number of anilines is 1. The summed E-state index contributed by atoms with van der Waals surface area (Å²) in [7, 11) is 0. The van der Waals surface area contributed by atoms with Crippen molar-refractivity contribution in [3.05, 3.63) is 61.6 Å². The number of carbonyl (C=O) groups excluding carboxylic acids is 1. The van der Waals surface area contributed by atoms with Crippen LogP contribution < -0.4 is 9.75 Å². The van der Waals surface area contributed by atoms with Crippen LogP contribution in [0.2, 0.25) is 10.0 Å². The fraction of sp³-hybridized carbons (Fsp3) is 0.158. The SMILES string of the molecule is CCOc1cc(/C=C2/C(=O)N(c3cc(Cl)cc(Cl)c3)N=C2C)cc([N+](=O)[O-])c1O. The molecule has 0 saturated heterocycles. The second-order valence-corrected chi connectivity index (χ2v) is 6.94. The zero-order chi connectivity index (χ0) is 21.3. The molecule has 2 aromatic carbocycles. The number of nitro groups is 1. The van der Waals surface area contributed by atoms with Crippen LogP contribution in [0.15, 0.2) is 41.0 Å². The van der Waals surface area contributed by atoms with E-state index in [-0.39, 0.29) is 17.9 Å². The number of benzene rings is 2. The Kier molecular flexibility index (Phi) is 5.76. The van der Waals surface area contributed by atoms with Gasteiger partial charge in [0.25, 0.3) is 5.91 Å². The van der Waals surface area contributed by atoms with Crippen LogP contribution in [0, 0.1) is 10.1 Å². The van der Waals surface area contributed by atoms with Crippen molar-refractivity contribution in [2.75, 3.05) is 11.6 Å². The Balaban J connectivity index is 2.04. The molecule has 1 aliphatic heterocycles. The number of ether oxygens (including phenoxy) is 1. The second-order valence-electron chi connectivity index (χ2n) is 6.06. The minimum atomic E-state index is -0.725. The molecule has 3 rings (SSSR count). The number of nitrogens with zero attached hydrogens (tertiary/aromatic N) is 3. The topological polar surface area (TPSA) is 105 Å². The normalized spacial score (nSPS) is 15.0. The minimum Gasteiger partial charge on any atom is -0.500 e. The number of halogens is 2. The van der Waals surface area contributed by atoms with Crippen molar-refractivity contribution in [2.45, 2.75) is 13.8 Å². The van der Waals surface area contributed by atoms with E-state index in [0.717, 1.165) is 11.1 Å². The van der Waals surface area contributed by atoms with Crippen LogP contribution in [0.3, 0.4) is 0 Å². The highest BCUT2D eigenvalue weighted by molar-refractivity contribution is 6.36. The summed E-state index contributed by atoms with van der Waals surface area (Å²) in [6.45, 7) is 3.52. The van der Waals surface area contributed by atoms with E-state index >= 15 is 0 Å². The summed E-state index contributed by atoms with van der Waals surface area (Å²) in [6.07, 6.45) is 1.45. The monoisotopic (exact) mass is 435 g/mol. The van der Waals surface area contributed by atoms with Crippen LogP contribution in [0.25, 0.3) is 6.08 Å². The van der Waals surface area contributed by atoms with Gasteiger partial charge in [-0.2, -0.15) is 10.1 Å². The summed E-state index contributed by atoms with van der Waals surface area (Å²) in [5, 5.41) is 27.3. The van der Waals surface area contributed by atoms with Gasteiger partial charge in [0.1, 0.15) is 0 Å². The van der Waals surface area contributed by atoms with Crippen LogP contribution in [0.1, 0.15) is 19.4 Å². The first-order valence-corrected chi connectivity index (χ1v) is 9.19. The Morgan fingerprint density at radius 1 is 1.24 bits per heavy atom. The number of rotatable bonds is 5. The summed E-state index contributed by atoms with van der Waals surface area (Å²) in [6, 6.07) is 7.20. The van der Waals surface area contributed by atoms with Gasteiger partial charge in [0.05, 0.1) is 28.5 Å². The molecule has 10 heteroatoms. The Labute approximate surface area is 175 Å². The average molecular weight is 436 g/mol. The molecule has 0 radical (unpaired) electrons. The van der Waals surface area contributed by atoms with E-state index in [1.165, 1.54) is 18.2 Å². The third-order valence-electron chi connectivity index (χ3n) is 4.04. The molecule has 0 bridgehead atoms. The molecule has 1 N–H and O–H groups in total. The Morgan fingerprint density at radius 3 is 2.48 bits per heavy atom. The fourth-order valence-electron chi connectivity index (χ4n) is 2.79. The molecule has 8 nitrogen and oxygen atoms in total. The van der Waals surface area contributed by atoms with Crippen molar-refractivity contribution in [1.29, 1.82) is 0 Å². The van der Waals surface area contributed by atoms with Gasteiger partial charge in [0.15, 0.2) is 5.75 Å². The summed E-state index contributed by atoms with van der Waals surface area (Å²) < 4.78 is 5.26. The van der Waals surface area contributed by atoms with Crippen LogP contribution in [0.4, 0.5) is 11.4 Å². The molecule has 1 aliphatic rings. The molecule has 1 heterocycles. The average Bonchev–Trinajstić information content (AvgIpc) is 2.91. The van der Waals surface area contributed by atoms with Crippen molar-refractivity contribution in [3.8, 4) is 11.5 Å². The summed E-state index contributed by atoms with van der Waals surface area (Å²) in [5.74, 6) is -1.07. The molecule has 0 fully saturated rings. The molecule has 0 atom stereocenters. The first-order valence-electron chi connectivity index (χ1n) is 8.43. The van der Waals surface area contributed by atoms with Crippen LogP contribution in [0.5, 0.6) is 11.5 Å². The fourth-order valence-corrected chi connectivity index (χ4v) is 3.30. The lowest BCUT2D eigenvalue weighted by Gasteiger charge is -2.12. The largest absolute Gasteiger partial charge is 0.500 e. The van der Waals surface area contributed by atoms with E-state index in [0.29, 0.717) is 27.0 Å². The maximum atomic E-state index is 12.9. The van der Waals surface area contributed by atoms with Crippen LogP contribution in [-0.4, -0.2) is 28.3 Å². The number of hydrogen-bond acceptors (Lipinski definition) is 6. The number of carbonyl (C=O) groups is 1. The quantitative estimate of drug-likeness (QED) is 0.411. The molecule has 0 saturated carbocycles. The number of hydrogen-bond donors (Lipinski definition) is 1. The number of aromatic hydroxyl groups is 1. The van der Waals surface area contributed by atoms with Crippen molar-refractivity contribution < 1.29 is 19.6 Å². The number of phenolic OH excluding ortho intramolecular Hbond substituents is 1. The Morgan fingerprint density at radius 2 is 1.90 bits per heavy atom. The van der Waals surface area contributed by atoms with Gasteiger partial charge in [-0.3, -0.25) is 14.9 Å². The molecule has 150 valence electrons. The zero-order valence-electron chi connectivity index (χ0n) is 15.3. The standard InChI is InChI=1S/C19H15Cl2N3O5/c1-3-29-17-6-11(5-16(18(17)25)24(27)28)4-15-10(2)22-23(19(15)26)14-8-12(20)7-13(21)9-14/h4-9,25H,3H2,1-2H3/b15-4+. The van der Waals surface area contributed by atoms with Crippen LogP contribution in [-0.2, 0) is 4.79 Å². The summed E-state index contributed by atoms with van der Waals surface area (Å²) in [5.41, 5.74) is 0.799. The van der Waals surface area contributed by atoms with Crippen molar-refractivity contribution in [2.24, 2.45) is 5.10 Å². The smallest absolute Gasteiger partial charge is 0.315 e. The minimum absolute atomic E-state index is 0.0490.